The third-order valence-electron chi connectivity index (χ3n) is 5.40. The minimum atomic E-state index is -0.0447. The van der Waals surface area contributed by atoms with Crippen molar-refractivity contribution in [2.24, 2.45) is 0 Å². The van der Waals surface area contributed by atoms with E-state index in [1.54, 1.807) is 12.5 Å². The van der Waals surface area contributed by atoms with Crippen molar-refractivity contribution in [3.63, 3.8) is 0 Å². The quantitative estimate of drug-likeness (QED) is 0.743. The lowest BCUT2D eigenvalue weighted by Crippen LogP contribution is -2.37. The molecule has 1 aliphatic heterocycles. The molecule has 0 bridgehead atoms. The number of rotatable bonds is 5. The highest BCUT2D eigenvalue weighted by Gasteiger charge is 2.29. The van der Waals surface area contributed by atoms with E-state index >= 15 is 0 Å². The minimum Gasteiger partial charge on any atom is -0.347 e. The summed E-state index contributed by atoms with van der Waals surface area (Å²) < 4.78 is 1.91. The second-order valence-electron chi connectivity index (χ2n) is 7.48. The van der Waals surface area contributed by atoms with Gasteiger partial charge in [-0.15, -0.1) is 0 Å². The van der Waals surface area contributed by atoms with Gasteiger partial charge in [0.1, 0.15) is 0 Å². The van der Waals surface area contributed by atoms with Crippen molar-refractivity contribution < 1.29 is 4.79 Å². The van der Waals surface area contributed by atoms with E-state index in [1.165, 1.54) is 12.8 Å². The van der Waals surface area contributed by atoms with Crippen molar-refractivity contribution >= 4 is 11.9 Å². The molecule has 1 N–H and O–H groups in total. The predicted molar refractivity (Wildman–Crippen MR) is 106 cm³/mol. The number of hydrogen-bond donors (Lipinski definition) is 1. The second kappa shape index (κ2) is 7.07. The molecule has 2 aliphatic rings. The summed E-state index contributed by atoms with van der Waals surface area (Å²) in [6.07, 6.45) is 10.6. The summed E-state index contributed by atoms with van der Waals surface area (Å²) in [4.78, 5) is 28.0. The molecule has 3 aromatic rings. The first-order valence-electron chi connectivity index (χ1n) is 9.73. The number of imidazole rings is 1. The minimum absolute atomic E-state index is 0.0447. The monoisotopic (exact) mass is 374 g/mol. The van der Waals surface area contributed by atoms with Crippen LogP contribution in [0.1, 0.15) is 41.2 Å². The van der Waals surface area contributed by atoms with Gasteiger partial charge in [0.25, 0.3) is 5.91 Å². The van der Waals surface area contributed by atoms with Gasteiger partial charge in [0, 0.05) is 60.6 Å². The van der Waals surface area contributed by atoms with Crippen LogP contribution in [0.4, 0.5) is 5.95 Å². The van der Waals surface area contributed by atoms with Crippen LogP contribution in [0.3, 0.4) is 0 Å². The zero-order valence-corrected chi connectivity index (χ0v) is 15.5. The molecular weight excluding hydrogens is 352 g/mol. The van der Waals surface area contributed by atoms with Gasteiger partial charge in [-0.1, -0.05) is 0 Å². The normalized spacial score (nSPS) is 19.0. The lowest BCUT2D eigenvalue weighted by Gasteiger charge is -2.17. The fraction of sp³-hybridized carbons (Fsp3) is 0.333. The van der Waals surface area contributed by atoms with Crippen LogP contribution in [-0.2, 0) is 0 Å². The Morgan fingerprint density at radius 1 is 1.07 bits per heavy atom. The molecule has 28 heavy (non-hydrogen) atoms. The Morgan fingerprint density at radius 3 is 2.68 bits per heavy atom. The molecule has 1 saturated carbocycles. The Kier molecular flexibility index (Phi) is 4.27. The van der Waals surface area contributed by atoms with Crippen molar-refractivity contribution in [3.05, 3.63) is 66.5 Å². The first kappa shape index (κ1) is 16.9. The van der Waals surface area contributed by atoms with E-state index in [0.717, 1.165) is 36.8 Å². The number of hydrogen-bond acceptors (Lipinski definition) is 5. The molecule has 7 nitrogen and oxygen atoms in total. The molecule has 0 radical (unpaired) electrons. The summed E-state index contributed by atoms with van der Waals surface area (Å²) >= 11 is 0. The van der Waals surface area contributed by atoms with E-state index in [2.05, 4.69) is 20.2 Å². The molecule has 1 amide bonds. The number of aromatic nitrogens is 4. The third-order valence-corrected chi connectivity index (χ3v) is 5.40. The van der Waals surface area contributed by atoms with Crippen LogP contribution in [0.15, 0.2) is 55.2 Å². The van der Waals surface area contributed by atoms with Gasteiger partial charge < -0.3 is 14.8 Å². The molecule has 1 atom stereocenters. The van der Waals surface area contributed by atoms with Crippen molar-refractivity contribution in [2.75, 3.05) is 18.0 Å². The average Bonchev–Trinajstić information content (AvgIpc) is 3.24. The van der Waals surface area contributed by atoms with Gasteiger partial charge >= 0.3 is 0 Å². The molecular formula is C21H22N6O. The van der Waals surface area contributed by atoms with Crippen LogP contribution in [-0.4, -0.2) is 44.6 Å². The zero-order chi connectivity index (χ0) is 18.9. The lowest BCUT2D eigenvalue weighted by atomic mass is 10.1. The van der Waals surface area contributed by atoms with Crippen LogP contribution in [0.5, 0.6) is 0 Å². The molecule has 1 saturated heterocycles. The number of nitrogens with one attached hydrogen (secondary N) is 1. The maximum absolute atomic E-state index is 12.6. The molecule has 142 valence electrons. The molecule has 3 heterocycles. The van der Waals surface area contributed by atoms with Crippen LogP contribution in [0.25, 0.3) is 5.69 Å². The van der Waals surface area contributed by atoms with Gasteiger partial charge in [-0.3, -0.25) is 4.79 Å². The van der Waals surface area contributed by atoms with Gasteiger partial charge in [0.05, 0.1) is 6.33 Å². The molecule has 5 rings (SSSR count). The highest BCUT2D eigenvalue weighted by atomic mass is 16.1. The van der Waals surface area contributed by atoms with Gasteiger partial charge in [-0.25, -0.2) is 15.0 Å². The molecule has 1 unspecified atom stereocenters. The number of amides is 1. The second-order valence-corrected chi connectivity index (χ2v) is 7.48. The molecule has 2 aromatic heterocycles. The SMILES string of the molecule is O=C(NC1CCN(c2nccc(C3CC3)n2)C1)c1ccc(-n2ccnc2)cc1. The molecule has 2 fully saturated rings. The number of carbonyl (C=O) groups is 1. The van der Waals surface area contributed by atoms with Gasteiger partial charge in [0.2, 0.25) is 5.95 Å². The van der Waals surface area contributed by atoms with Gasteiger partial charge in [-0.2, -0.15) is 0 Å². The smallest absolute Gasteiger partial charge is 0.251 e. The highest BCUT2D eigenvalue weighted by Crippen LogP contribution is 2.39. The predicted octanol–water partition coefficient (Wildman–Crippen LogP) is 2.55. The lowest BCUT2D eigenvalue weighted by molar-refractivity contribution is 0.0940. The molecule has 1 aromatic carbocycles. The number of anilines is 1. The topological polar surface area (TPSA) is 75.9 Å². The van der Waals surface area contributed by atoms with Crippen molar-refractivity contribution in [3.8, 4) is 5.69 Å². The number of benzene rings is 1. The first-order valence-corrected chi connectivity index (χ1v) is 9.73. The fourth-order valence-electron chi connectivity index (χ4n) is 3.65. The average molecular weight is 374 g/mol. The summed E-state index contributed by atoms with van der Waals surface area (Å²) in [5.74, 6) is 1.35. The van der Waals surface area contributed by atoms with Crippen LogP contribution >= 0.6 is 0 Å². The Morgan fingerprint density at radius 2 is 1.93 bits per heavy atom. The van der Waals surface area contributed by atoms with E-state index in [0.29, 0.717) is 11.5 Å². The van der Waals surface area contributed by atoms with E-state index in [4.69, 9.17) is 4.98 Å². The Bertz CT molecular complexity index is 965. The molecule has 1 aliphatic carbocycles. The van der Waals surface area contributed by atoms with E-state index < -0.39 is 0 Å². The third kappa shape index (κ3) is 3.47. The van der Waals surface area contributed by atoms with Crippen molar-refractivity contribution in [1.82, 2.24) is 24.8 Å². The maximum atomic E-state index is 12.6. The van der Waals surface area contributed by atoms with E-state index in [9.17, 15) is 4.79 Å². The first-order chi connectivity index (χ1) is 13.8. The van der Waals surface area contributed by atoms with Crippen LogP contribution in [0, 0.1) is 0 Å². The highest BCUT2D eigenvalue weighted by molar-refractivity contribution is 5.94. The van der Waals surface area contributed by atoms with E-state index in [-0.39, 0.29) is 11.9 Å². The molecule has 0 spiro atoms. The summed E-state index contributed by atoms with van der Waals surface area (Å²) in [7, 11) is 0. The largest absolute Gasteiger partial charge is 0.347 e. The summed E-state index contributed by atoms with van der Waals surface area (Å²) in [6.45, 7) is 1.60. The van der Waals surface area contributed by atoms with Crippen LogP contribution < -0.4 is 10.2 Å². The van der Waals surface area contributed by atoms with Crippen LogP contribution in [0.2, 0.25) is 0 Å². The van der Waals surface area contributed by atoms with Crippen molar-refractivity contribution in [2.45, 2.75) is 31.2 Å². The zero-order valence-electron chi connectivity index (χ0n) is 15.5. The summed E-state index contributed by atoms with van der Waals surface area (Å²) in [6, 6.07) is 9.67. The Labute approximate surface area is 163 Å². The Hall–Kier alpha value is -3.22. The fourth-order valence-corrected chi connectivity index (χ4v) is 3.65. The number of carbonyl (C=O) groups excluding carboxylic acids is 1. The molecule has 7 heteroatoms. The maximum Gasteiger partial charge on any atom is 0.251 e. The van der Waals surface area contributed by atoms with Gasteiger partial charge in [0.15, 0.2) is 0 Å². The summed E-state index contributed by atoms with van der Waals surface area (Å²) in [5, 5.41) is 3.14. The standard InChI is InChI=1S/C21H22N6O/c28-20(16-3-5-18(6-4-16)27-12-10-22-14-27)24-17-8-11-26(13-17)21-23-9-7-19(25-21)15-1-2-15/h3-7,9-10,12,14-15,17H,1-2,8,11,13H2,(H,24,28). The Balaban J connectivity index is 1.21. The van der Waals surface area contributed by atoms with E-state index in [1.807, 2.05) is 47.3 Å². The summed E-state index contributed by atoms with van der Waals surface area (Å²) in [5.41, 5.74) is 2.79. The number of nitrogens with zero attached hydrogens (tertiary/aromatic N) is 5. The van der Waals surface area contributed by atoms with Crippen molar-refractivity contribution in [1.29, 1.82) is 0 Å². The van der Waals surface area contributed by atoms with Gasteiger partial charge in [-0.05, 0) is 49.6 Å².